The van der Waals surface area contributed by atoms with Crippen LogP contribution in [0.5, 0.6) is 5.75 Å². The molecule has 1 N–H and O–H groups in total. The highest BCUT2D eigenvalue weighted by Crippen LogP contribution is 2.46. The number of aliphatic hydroxyl groups is 1. The zero-order valence-corrected chi connectivity index (χ0v) is 23.1. The number of rotatable bonds is 9. The third kappa shape index (κ3) is 6.36. The van der Waals surface area contributed by atoms with Gasteiger partial charge in [0.05, 0.1) is 27.9 Å². The Hall–Kier alpha value is -3.96. The van der Waals surface area contributed by atoms with Gasteiger partial charge >= 0.3 is 6.18 Å². The molecule has 41 heavy (non-hydrogen) atoms. The van der Waals surface area contributed by atoms with Gasteiger partial charge in [0.25, 0.3) is 0 Å². The number of aryl methyl sites for hydroxylation is 1. The van der Waals surface area contributed by atoms with Gasteiger partial charge in [-0.3, -0.25) is 4.68 Å². The highest BCUT2D eigenvalue weighted by molar-refractivity contribution is 6.35. The van der Waals surface area contributed by atoms with Gasteiger partial charge in [-0.15, -0.1) is 0 Å². The molecule has 12 heteroatoms. The smallest absolute Gasteiger partial charge is 0.433 e. The summed E-state index contributed by atoms with van der Waals surface area (Å²) in [5.74, 6) is 0.270. The molecule has 0 fully saturated rings. The minimum atomic E-state index is -4.79. The molecule has 0 bridgehead atoms. The van der Waals surface area contributed by atoms with Crippen LogP contribution in [0.15, 0.2) is 71.2 Å². The van der Waals surface area contributed by atoms with Gasteiger partial charge in [-0.05, 0) is 50.8 Å². The van der Waals surface area contributed by atoms with Gasteiger partial charge in [0.2, 0.25) is 0 Å². The molecule has 3 aromatic heterocycles. The molecule has 0 radical (unpaired) electrons. The topological polar surface area (TPSA) is 99.1 Å². The fourth-order valence-corrected chi connectivity index (χ4v) is 4.71. The Morgan fingerprint density at radius 3 is 2.59 bits per heavy atom. The number of hydrogen-bond acceptors (Lipinski definition) is 7. The van der Waals surface area contributed by atoms with Crippen LogP contribution in [-0.2, 0) is 12.7 Å². The van der Waals surface area contributed by atoms with Crippen LogP contribution in [0.4, 0.5) is 13.2 Å². The van der Waals surface area contributed by atoms with E-state index in [0.717, 1.165) is 29.3 Å². The molecule has 0 amide bonds. The van der Waals surface area contributed by atoms with Crippen molar-refractivity contribution in [2.75, 3.05) is 6.61 Å². The van der Waals surface area contributed by atoms with E-state index >= 15 is 0 Å². The minimum Gasteiger partial charge on any atom is -0.488 e. The lowest BCUT2D eigenvalue weighted by Crippen LogP contribution is -2.24. The molecular weight excluding hydrogens is 559 g/mol. The van der Waals surface area contributed by atoms with Crippen LogP contribution < -0.4 is 4.74 Å². The summed E-state index contributed by atoms with van der Waals surface area (Å²) in [6.45, 7) is 3.20. The Morgan fingerprint density at radius 1 is 1.12 bits per heavy atom. The van der Waals surface area contributed by atoms with Crippen molar-refractivity contribution in [2.45, 2.75) is 51.4 Å². The van der Waals surface area contributed by atoms with Crippen LogP contribution in [0.1, 0.15) is 38.8 Å². The fourth-order valence-electron chi connectivity index (χ4n) is 4.44. The molecule has 1 aliphatic rings. The SMILES string of the molecule is CC(C)(O)CCn1ncc(-c2onc(-c3cccc(OCC4=CC=CCC4)c3Cl)c2-c2ncccn2)c1C(F)(F)F. The monoisotopic (exact) mass is 585 g/mol. The molecule has 0 aliphatic heterocycles. The predicted molar refractivity (Wildman–Crippen MR) is 147 cm³/mol. The second-order valence-corrected chi connectivity index (χ2v) is 10.6. The predicted octanol–water partition coefficient (Wildman–Crippen LogP) is 7.15. The molecule has 3 heterocycles. The number of ether oxygens (including phenoxy) is 1. The number of allylic oxidation sites excluding steroid dienone is 3. The fraction of sp³-hybridized carbons (Fsp3) is 0.310. The van der Waals surface area contributed by atoms with E-state index in [1.807, 2.05) is 12.2 Å². The van der Waals surface area contributed by atoms with Crippen molar-refractivity contribution < 1.29 is 27.5 Å². The van der Waals surface area contributed by atoms with Crippen LogP contribution >= 0.6 is 11.6 Å². The second-order valence-electron chi connectivity index (χ2n) is 10.2. The van der Waals surface area contributed by atoms with E-state index < -0.39 is 17.5 Å². The normalized spacial score (nSPS) is 13.9. The molecule has 0 saturated heterocycles. The van der Waals surface area contributed by atoms with Crippen molar-refractivity contribution in [3.05, 3.63) is 77.4 Å². The van der Waals surface area contributed by atoms with Gasteiger partial charge in [-0.2, -0.15) is 18.3 Å². The Kier molecular flexibility index (Phi) is 8.01. The molecule has 0 spiro atoms. The summed E-state index contributed by atoms with van der Waals surface area (Å²) in [4.78, 5) is 8.54. The first-order valence-electron chi connectivity index (χ1n) is 12.9. The van der Waals surface area contributed by atoms with Crippen molar-refractivity contribution in [1.29, 1.82) is 0 Å². The first-order chi connectivity index (χ1) is 19.5. The van der Waals surface area contributed by atoms with Gasteiger partial charge in [0.15, 0.2) is 17.3 Å². The number of hydrogen-bond donors (Lipinski definition) is 1. The average molecular weight is 586 g/mol. The van der Waals surface area contributed by atoms with Crippen LogP contribution in [0, 0.1) is 0 Å². The summed E-state index contributed by atoms with van der Waals surface area (Å²) in [5.41, 5.74) is -0.809. The molecule has 8 nitrogen and oxygen atoms in total. The standard InChI is InChI=1S/C29H27ClF3N5O3/c1-28(2,39)12-15-38-26(29(31,32)33)20(16-36-38)25-22(27-34-13-7-14-35-27)24(37-41-25)19-10-6-11-21(23(19)30)40-17-18-8-4-3-5-9-18/h3-4,6-8,10-11,13-14,16,39H,5,9,12,15,17H2,1-2H3. The number of benzene rings is 1. The Balaban J connectivity index is 1.61. The van der Waals surface area contributed by atoms with E-state index in [9.17, 15) is 18.3 Å². The summed E-state index contributed by atoms with van der Waals surface area (Å²) in [6, 6.07) is 6.68. The molecule has 5 rings (SSSR count). The minimum absolute atomic E-state index is 0.0447. The molecular formula is C29H27ClF3N5O3. The van der Waals surface area contributed by atoms with Crippen LogP contribution in [0.2, 0.25) is 5.02 Å². The number of aromatic nitrogens is 5. The highest BCUT2D eigenvalue weighted by atomic mass is 35.5. The van der Waals surface area contributed by atoms with Crippen LogP contribution in [0.3, 0.4) is 0 Å². The molecule has 0 saturated carbocycles. The van der Waals surface area contributed by atoms with Gasteiger partial charge in [-0.25, -0.2) is 9.97 Å². The van der Waals surface area contributed by atoms with E-state index in [-0.39, 0.29) is 46.4 Å². The van der Waals surface area contributed by atoms with Crippen molar-refractivity contribution in [2.24, 2.45) is 0 Å². The number of nitrogens with zero attached hydrogens (tertiary/aromatic N) is 5. The lowest BCUT2D eigenvalue weighted by atomic mass is 10.0. The second kappa shape index (κ2) is 11.5. The van der Waals surface area contributed by atoms with E-state index in [2.05, 4.69) is 26.3 Å². The quantitative estimate of drug-likeness (QED) is 0.223. The Bertz CT molecular complexity index is 1590. The van der Waals surface area contributed by atoms with Crippen LogP contribution in [0.25, 0.3) is 34.0 Å². The summed E-state index contributed by atoms with van der Waals surface area (Å²) >= 11 is 6.77. The summed E-state index contributed by atoms with van der Waals surface area (Å²) < 4.78 is 55.6. The van der Waals surface area contributed by atoms with Crippen LogP contribution in [-0.4, -0.2) is 42.2 Å². The first kappa shape index (κ1) is 28.6. The van der Waals surface area contributed by atoms with Crippen molar-refractivity contribution >= 4 is 11.6 Å². The lowest BCUT2D eigenvalue weighted by molar-refractivity contribution is -0.144. The maximum atomic E-state index is 14.4. The third-order valence-electron chi connectivity index (χ3n) is 6.50. The zero-order valence-electron chi connectivity index (χ0n) is 22.3. The molecule has 214 valence electrons. The summed E-state index contributed by atoms with van der Waals surface area (Å²) in [5, 5.41) is 18.4. The largest absolute Gasteiger partial charge is 0.488 e. The van der Waals surface area contributed by atoms with Gasteiger partial charge in [0, 0.05) is 24.5 Å². The lowest BCUT2D eigenvalue weighted by Gasteiger charge is -2.18. The molecule has 4 aromatic rings. The van der Waals surface area contributed by atoms with Crippen molar-refractivity contribution in [1.82, 2.24) is 24.9 Å². The molecule has 1 aromatic carbocycles. The first-order valence-corrected chi connectivity index (χ1v) is 13.3. The van der Waals surface area contributed by atoms with E-state index in [1.165, 1.54) is 26.2 Å². The Morgan fingerprint density at radius 2 is 1.90 bits per heavy atom. The third-order valence-corrected chi connectivity index (χ3v) is 6.89. The number of halogens is 4. The zero-order chi connectivity index (χ0) is 29.2. The summed E-state index contributed by atoms with van der Waals surface area (Å²) in [6.07, 6.45) is 7.11. The molecule has 1 aliphatic carbocycles. The van der Waals surface area contributed by atoms with E-state index in [0.29, 0.717) is 17.9 Å². The Labute approximate surface area is 239 Å². The molecule has 0 unspecified atom stereocenters. The van der Waals surface area contributed by atoms with Crippen molar-refractivity contribution in [3.63, 3.8) is 0 Å². The highest BCUT2D eigenvalue weighted by Gasteiger charge is 2.41. The number of alkyl halides is 3. The molecule has 0 atom stereocenters. The summed E-state index contributed by atoms with van der Waals surface area (Å²) in [7, 11) is 0. The van der Waals surface area contributed by atoms with E-state index in [4.69, 9.17) is 20.9 Å². The maximum absolute atomic E-state index is 14.4. The average Bonchev–Trinajstić information content (AvgIpc) is 3.57. The van der Waals surface area contributed by atoms with Gasteiger partial charge in [0.1, 0.15) is 18.1 Å². The maximum Gasteiger partial charge on any atom is 0.433 e. The van der Waals surface area contributed by atoms with Gasteiger partial charge < -0.3 is 14.4 Å². The van der Waals surface area contributed by atoms with E-state index in [1.54, 1.807) is 24.3 Å². The van der Waals surface area contributed by atoms with Gasteiger partial charge in [-0.1, -0.05) is 47.1 Å². The van der Waals surface area contributed by atoms with Crippen molar-refractivity contribution in [3.8, 4) is 39.7 Å².